The zero-order valence-corrected chi connectivity index (χ0v) is 21.0. The smallest absolute Gasteiger partial charge is 0.344 e. The Morgan fingerprint density at radius 3 is 2.44 bits per heavy atom. The summed E-state index contributed by atoms with van der Waals surface area (Å²) < 4.78 is 21.0. The van der Waals surface area contributed by atoms with Crippen molar-refractivity contribution < 1.29 is 38.1 Å². The molecule has 190 valence electrons. The summed E-state index contributed by atoms with van der Waals surface area (Å²) in [6.07, 6.45) is 1.26. The second-order valence-electron chi connectivity index (χ2n) is 7.75. The third kappa shape index (κ3) is 6.79. The molecule has 2 aromatic carbocycles. The number of hydrogen-bond donors (Lipinski definition) is 1. The molecule has 0 spiro atoms. The average Bonchev–Trinajstić information content (AvgIpc) is 3.10. The predicted molar refractivity (Wildman–Crippen MR) is 134 cm³/mol. The van der Waals surface area contributed by atoms with Crippen LogP contribution in [0.4, 0.5) is 10.5 Å². The number of carbonyl (C=O) groups excluding carboxylic acids is 4. The molecule has 0 atom stereocenters. The number of nitrogens with zero attached hydrogens (tertiary/aromatic N) is 1. The maximum Gasteiger partial charge on any atom is 0.344 e. The molecule has 0 radical (unpaired) electrons. The minimum atomic E-state index is -0.587. The lowest BCUT2D eigenvalue weighted by Crippen LogP contribution is -2.36. The zero-order chi connectivity index (χ0) is 26.2. The highest BCUT2D eigenvalue weighted by Crippen LogP contribution is 2.34. The molecule has 1 heterocycles. The summed E-state index contributed by atoms with van der Waals surface area (Å²) in [5.41, 5.74) is 0.993. The van der Waals surface area contributed by atoms with Crippen molar-refractivity contribution in [1.29, 1.82) is 0 Å². The second-order valence-corrected chi connectivity index (χ2v) is 8.75. The summed E-state index contributed by atoms with van der Waals surface area (Å²) in [6.45, 7) is 2.75. The topological polar surface area (TPSA) is 120 Å². The van der Waals surface area contributed by atoms with Crippen molar-refractivity contribution in [2.24, 2.45) is 0 Å². The van der Waals surface area contributed by atoms with E-state index in [-0.39, 0.29) is 17.6 Å². The average molecular weight is 515 g/mol. The minimum Gasteiger partial charge on any atom is -0.495 e. The Kier molecular flexibility index (Phi) is 8.96. The van der Waals surface area contributed by atoms with Gasteiger partial charge < -0.3 is 24.3 Å². The molecule has 0 bridgehead atoms. The lowest BCUT2D eigenvalue weighted by Gasteiger charge is -2.14. The number of para-hydroxylation sites is 2. The maximum atomic E-state index is 12.8. The molecular formula is C25H26N2O8S. The number of imide groups is 1. The first-order valence-electron chi connectivity index (χ1n) is 10.9. The van der Waals surface area contributed by atoms with Crippen LogP contribution < -0.4 is 19.5 Å². The van der Waals surface area contributed by atoms with Gasteiger partial charge >= 0.3 is 5.97 Å². The SMILES string of the molecule is COc1ccccc1NC(=O)CN1C(=O)S/C(=C\c2ccc(OCC(=O)OC(C)C)c(OC)c2)C1=O. The molecule has 1 aliphatic heterocycles. The highest BCUT2D eigenvalue weighted by Gasteiger charge is 2.36. The van der Waals surface area contributed by atoms with Crippen LogP contribution in [0.25, 0.3) is 6.08 Å². The Balaban J connectivity index is 1.67. The van der Waals surface area contributed by atoms with E-state index in [1.165, 1.54) is 20.3 Å². The number of amides is 3. The number of ether oxygens (including phenoxy) is 4. The molecule has 0 unspecified atom stereocenters. The second kappa shape index (κ2) is 12.1. The quantitative estimate of drug-likeness (QED) is 0.374. The van der Waals surface area contributed by atoms with Crippen LogP contribution in [-0.4, -0.2) is 61.4 Å². The van der Waals surface area contributed by atoms with Gasteiger partial charge in [-0.15, -0.1) is 0 Å². The van der Waals surface area contributed by atoms with Crippen LogP contribution in [0.5, 0.6) is 17.2 Å². The normalized spacial score (nSPS) is 14.2. The Bertz CT molecular complexity index is 1190. The molecule has 1 aliphatic rings. The molecule has 3 rings (SSSR count). The number of carbonyl (C=O) groups is 4. The van der Waals surface area contributed by atoms with Gasteiger partial charge in [-0.3, -0.25) is 19.3 Å². The van der Waals surface area contributed by atoms with Crippen molar-refractivity contribution in [3.63, 3.8) is 0 Å². The molecule has 1 N–H and O–H groups in total. The molecule has 36 heavy (non-hydrogen) atoms. The lowest BCUT2D eigenvalue weighted by molar-refractivity contribution is -0.149. The predicted octanol–water partition coefficient (Wildman–Crippen LogP) is 3.71. The fourth-order valence-electron chi connectivity index (χ4n) is 3.20. The van der Waals surface area contributed by atoms with E-state index in [0.29, 0.717) is 28.5 Å². The largest absolute Gasteiger partial charge is 0.495 e. The first-order chi connectivity index (χ1) is 17.2. The van der Waals surface area contributed by atoms with Gasteiger partial charge in [0, 0.05) is 0 Å². The van der Waals surface area contributed by atoms with Crippen LogP contribution in [0.1, 0.15) is 19.4 Å². The first-order valence-corrected chi connectivity index (χ1v) is 11.7. The molecule has 10 nitrogen and oxygen atoms in total. The molecule has 1 fully saturated rings. The van der Waals surface area contributed by atoms with Gasteiger partial charge in [0.1, 0.15) is 12.3 Å². The molecule has 0 saturated carbocycles. The Labute approximate surface area is 212 Å². The molecule has 0 aliphatic carbocycles. The monoisotopic (exact) mass is 514 g/mol. The number of esters is 1. The Hall–Kier alpha value is -3.99. The van der Waals surface area contributed by atoms with Crippen molar-refractivity contribution in [3.8, 4) is 17.2 Å². The number of nitrogens with one attached hydrogen (secondary N) is 1. The van der Waals surface area contributed by atoms with Gasteiger partial charge in [0.25, 0.3) is 11.1 Å². The molecular weight excluding hydrogens is 488 g/mol. The van der Waals surface area contributed by atoms with E-state index in [0.717, 1.165) is 16.7 Å². The minimum absolute atomic E-state index is 0.154. The van der Waals surface area contributed by atoms with Crippen LogP contribution in [-0.2, 0) is 19.1 Å². The Morgan fingerprint density at radius 1 is 1.03 bits per heavy atom. The van der Waals surface area contributed by atoms with E-state index < -0.39 is 29.6 Å². The molecule has 11 heteroatoms. The van der Waals surface area contributed by atoms with Gasteiger partial charge in [-0.05, 0) is 61.5 Å². The number of hydrogen-bond acceptors (Lipinski definition) is 9. The van der Waals surface area contributed by atoms with E-state index in [9.17, 15) is 19.2 Å². The van der Waals surface area contributed by atoms with E-state index in [4.69, 9.17) is 18.9 Å². The number of anilines is 1. The zero-order valence-electron chi connectivity index (χ0n) is 20.2. The Morgan fingerprint density at radius 2 is 1.75 bits per heavy atom. The van der Waals surface area contributed by atoms with E-state index >= 15 is 0 Å². The fourth-order valence-corrected chi connectivity index (χ4v) is 4.03. The van der Waals surface area contributed by atoms with Crippen LogP contribution >= 0.6 is 11.8 Å². The molecule has 3 amide bonds. The standard InChI is InChI=1S/C25H26N2O8S/c1-15(2)35-23(29)14-34-19-10-9-16(11-20(19)33-4)12-21-24(30)27(25(31)36-21)13-22(28)26-17-7-5-6-8-18(17)32-3/h5-12,15H,13-14H2,1-4H3,(H,26,28)/b21-12-. The van der Waals surface area contributed by atoms with E-state index in [1.807, 2.05) is 0 Å². The van der Waals surface area contributed by atoms with Crippen LogP contribution in [0.3, 0.4) is 0 Å². The highest BCUT2D eigenvalue weighted by atomic mass is 32.2. The van der Waals surface area contributed by atoms with Crippen molar-refractivity contribution in [2.75, 3.05) is 32.7 Å². The highest BCUT2D eigenvalue weighted by molar-refractivity contribution is 8.18. The van der Waals surface area contributed by atoms with Crippen molar-refractivity contribution in [1.82, 2.24) is 4.90 Å². The fraction of sp³-hybridized carbons (Fsp3) is 0.280. The third-order valence-electron chi connectivity index (χ3n) is 4.75. The number of benzene rings is 2. The van der Waals surface area contributed by atoms with Crippen molar-refractivity contribution in [3.05, 3.63) is 52.9 Å². The van der Waals surface area contributed by atoms with Gasteiger partial charge in [-0.1, -0.05) is 18.2 Å². The first kappa shape index (κ1) is 26.6. The maximum absolute atomic E-state index is 12.8. The van der Waals surface area contributed by atoms with Gasteiger partial charge in [0.05, 0.1) is 30.9 Å². The lowest BCUT2D eigenvalue weighted by atomic mass is 10.2. The number of methoxy groups -OCH3 is 2. The van der Waals surface area contributed by atoms with Gasteiger partial charge in [0.2, 0.25) is 5.91 Å². The summed E-state index contributed by atoms with van der Waals surface area (Å²) in [5, 5.41) is 2.08. The summed E-state index contributed by atoms with van der Waals surface area (Å²) >= 11 is 0.731. The van der Waals surface area contributed by atoms with Crippen molar-refractivity contribution in [2.45, 2.75) is 20.0 Å². The van der Waals surface area contributed by atoms with E-state index in [2.05, 4.69) is 5.32 Å². The van der Waals surface area contributed by atoms with Crippen LogP contribution in [0.15, 0.2) is 47.4 Å². The van der Waals surface area contributed by atoms with Gasteiger partial charge in [0.15, 0.2) is 18.1 Å². The van der Waals surface area contributed by atoms with Crippen molar-refractivity contribution >= 4 is 46.5 Å². The van der Waals surface area contributed by atoms with Crippen LogP contribution in [0, 0.1) is 0 Å². The summed E-state index contributed by atoms with van der Waals surface area (Å²) in [5.74, 6) is -0.538. The summed E-state index contributed by atoms with van der Waals surface area (Å²) in [6, 6.07) is 11.6. The van der Waals surface area contributed by atoms with Gasteiger partial charge in [-0.2, -0.15) is 0 Å². The summed E-state index contributed by atoms with van der Waals surface area (Å²) in [7, 11) is 2.91. The molecule has 0 aromatic heterocycles. The van der Waals surface area contributed by atoms with Crippen LogP contribution in [0.2, 0.25) is 0 Å². The third-order valence-corrected chi connectivity index (χ3v) is 5.66. The number of thioether (sulfide) groups is 1. The molecule has 1 saturated heterocycles. The summed E-state index contributed by atoms with van der Waals surface area (Å²) in [4.78, 5) is 50.5. The van der Waals surface area contributed by atoms with Gasteiger partial charge in [-0.25, -0.2) is 4.79 Å². The number of rotatable bonds is 10. The van der Waals surface area contributed by atoms with E-state index in [1.54, 1.807) is 56.3 Å². The molecule has 2 aromatic rings.